The molecule has 0 radical (unpaired) electrons. The lowest BCUT2D eigenvalue weighted by Gasteiger charge is -1.97. The van der Waals surface area contributed by atoms with Gasteiger partial charge in [-0.1, -0.05) is 18.2 Å². The van der Waals surface area contributed by atoms with Crippen LogP contribution in [-0.2, 0) is 28.0 Å². The zero-order valence-electron chi connectivity index (χ0n) is 9.04. The summed E-state index contributed by atoms with van der Waals surface area (Å²) < 4.78 is 28.2. The highest BCUT2D eigenvalue weighted by atomic mass is 32.2. The van der Waals surface area contributed by atoms with E-state index >= 15 is 0 Å². The van der Waals surface area contributed by atoms with E-state index in [9.17, 15) is 8.42 Å². The number of aromatic nitrogens is 2. The van der Waals surface area contributed by atoms with Crippen molar-refractivity contribution in [2.75, 3.05) is 6.26 Å². The second-order valence-electron chi connectivity index (χ2n) is 3.55. The average Bonchev–Trinajstić information content (AvgIpc) is 2.53. The zero-order chi connectivity index (χ0) is 11.8. The van der Waals surface area contributed by atoms with E-state index in [0.29, 0.717) is 5.69 Å². The van der Waals surface area contributed by atoms with E-state index in [4.69, 9.17) is 4.18 Å². The Kier molecular flexibility index (Phi) is 2.69. The lowest BCUT2D eigenvalue weighted by molar-refractivity contribution is 0.307. The number of hydrogen-bond acceptors (Lipinski definition) is 4. The highest BCUT2D eigenvalue weighted by molar-refractivity contribution is 7.85. The summed E-state index contributed by atoms with van der Waals surface area (Å²) in [7, 11) is -1.62. The number of rotatable bonds is 3. The minimum Gasteiger partial charge on any atom is -0.268 e. The lowest BCUT2D eigenvalue weighted by Crippen LogP contribution is -2.03. The van der Waals surface area contributed by atoms with Gasteiger partial charge in [0, 0.05) is 12.4 Å². The highest BCUT2D eigenvalue weighted by Crippen LogP contribution is 2.18. The molecule has 0 fully saturated rings. The molecule has 1 aromatic carbocycles. The molecule has 0 aliphatic heterocycles. The van der Waals surface area contributed by atoms with Crippen LogP contribution in [0.25, 0.3) is 10.9 Å². The predicted octanol–water partition coefficient (Wildman–Crippen LogP) is 1.05. The van der Waals surface area contributed by atoms with Crippen molar-refractivity contribution in [3.63, 3.8) is 0 Å². The van der Waals surface area contributed by atoms with E-state index in [1.165, 1.54) is 0 Å². The van der Waals surface area contributed by atoms with E-state index in [0.717, 1.165) is 17.2 Å². The summed E-state index contributed by atoms with van der Waals surface area (Å²) in [6.45, 7) is -0.0276. The Hall–Kier alpha value is -1.40. The molecule has 0 N–H and O–H groups in total. The van der Waals surface area contributed by atoms with Gasteiger partial charge in [-0.15, -0.1) is 0 Å². The normalized spacial score (nSPS) is 12.1. The summed E-state index contributed by atoms with van der Waals surface area (Å²) >= 11 is 0. The predicted molar refractivity (Wildman–Crippen MR) is 60.3 cm³/mol. The number of hydrogen-bond donors (Lipinski definition) is 0. The molecule has 0 aliphatic rings. The second-order valence-corrected chi connectivity index (χ2v) is 5.20. The largest absolute Gasteiger partial charge is 0.268 e. The molecule has 0 bridgehead atoms. The summed E-state index contributed by atoms with van der Waals surface area (Å²) in [6, 6.07) is 7.61. The second kappa shape index (κ2) is 3.88. The number of fused-ring (bicyclic) bond motifs is 1. The van der Waals surface area contributed by atoms with Crippen LogP contribution in [0.4, 0.5) is 0 Å². The smallest absolute Gasteiger partial charge is 0.264 e. The molecule has 0 saturated carbocycles. The van der Waals surface area contributed by atoms with Crippen LogP contribution < -0.4 is 0 Å². The monoisotopic (exact) mass is 240 g/mol. The summed E-state index contributed by atoms with van der Waals surface area (Å²) in [5.74, 6) is 0. The van der Waals surface area contributed by atoms with Crippen LogP contribution in [0.15, 0.2) is 24.3 Å². The van der Waals surface area contributed by atoms with E-state index in [1.54, 1.807) is 4.68 Å². The molecule has 0 unspecified atom stereocenters. The fourth-order valence-corrected chi connectivity index (χ4v) is 1.88. The van der Waals surface area contributed by atoms with Gasteiger partial charge in [-0.25, -0.2) is 0 Å². The summed E-state index contributed by atoms with van der Waals surface area (Å²) in [5.41, 5.74) is 1.58. The molecule has 0 aliphatic carbocycles. The molecule has 1 heterocycles. The van der Waals surface area contributed by atoms with Crippen molar-refractivity contribution in [3.05, 3.63) is 30.0 Å². The van der Waals surface area contributed by atoms with Gasteiger partial charge in [-0.2, -0.15) is 13.5 Å². The molecule has 2 rings (SSSR count). The Morgan fingerprint density at radius 3 is 2.75 bits per heavy atom. The third-order valence-electron chi connectivity index (χ3n) is 2.24. The number of benzene rings is 1. The quantitative estimate of drug-likeness (QED) is 0.752. The van der Waals surface area contributed by atoms with Gasteiger partial charge in [0.25, 0.3) is 10.1 Å². The molecule has 5 nitrogen and oxygen atoms in total. The van der Waals surface area contributed by atoms with Gasteiger partial charge >= 0.3 is 0 Å². The van der Waals surface area contributed by atoms with Crippen molar-refractivity contribution >= 4 is 21.0 Å². The summed E-state index contributed by atoms with van der Waals surface area (Å²) in [6.07, 6.45) is 1.03. The fourth-order valence-electron chi connectivity index (χ4n) is 1.56. The van der Waals surface area contributed by atoms with Crippen LogP contribution in [0.3, 0.4) is 0 Å². The first-order valence-corrected chi connectivity index (χ1v) is 6.54. The highest BCUT2D eigenvalue weighted by Gasteiger charge is 2.10. The summed E-state index contributed by atoms with van der Waals surface area (Å²) in [4.78, 5) is 0. The van der Waals surface area contributed by atoms with Gasteiger partial charge in [-0.3, -0.25) is 8.86 Å². The Labute approximate surface area is 93.8 Å². The maximum Gasteiger partial charge on any atom is 0.264 e. The molecule has 0 atom stereocenters. The van der Waals surface area contributed by atoms with Crippen molar-refractivity contribution in [2.45, 2.75) is 6.61 Å². The molecule has 1 aromatic heterocycles. The van der Waals surface area contributed by atoms with Gasteiger partial charge in [0.05, 0.1) is 17.5 Å². The van der Waals surface area contributed by atoms with E-state index in [2.05, 4.69) is 5.10 Å². The first kappa shape index (κ1) is 11.1. The topological polar surface area (TPSA) is 61.2 Å². The molecule has 6 heteroatoms. The maximum atomic E-state index is 10.9. The standard InChI is InChI=1S/C10H12N2O3S/c1-12-10-6-4-3-5-8(10)9(11-12)7-15-16(2,13)14/h3-6H,7H2,1-2H3. The third kappa shape index (κ3) is 2.23. The van der Waals surface area contributed by atoms with Crippen LogP contribution in [-0.4, -0.2) is 24.5 Å². The Morgan fingerprint density at radius 1 is 1.38 bits per heavy atom. The Balaban J connectivity index is 2.38. The van der Waals surface area contributed by atoms with Crippen LogP contribution in [0.1, 0.15) is 5.69 Å². The van der Waals surface area contributed by atoms with Crippen molar-refractivity contribution < 1.29 is 12.6 Å². The van der Waals surface area contributed by atoms with E-state index in [-0.39, 0.29) is 6.61 Å². The van der Waals surface area contributed by atoms with Gasteiger partial charge in [-0.05, 0) is 6.07 Å². The Bertz CT molecular complexity index is 616. The molecular formula is C10H12N2O3S. The molecule has 16 heavy (non-hydrogen) atoms. The van der Waals surface area contributed by atoms with Crippen LogP contribution in [0.5, 0.6) is 0 Å². The molecule has 0 amide bonds. The van der Waals surface area contributed by atoms with Crippen LogP contribution in [0.2, 0.25) is 0 Å². The van der Waals surface area contributed by atoms with Crippen molar-refractivity contribution in [3.8, 4) is 0 Å². The van der Waals surface area contributed by atoms with E-state index < -0.39 is 10.1 Å². The molecular weight excluding hydrogens is 228 g/mol. The van der Waals surface area contributed by atoms with E-state index in [1.807, 2.05) is 31.3 Å². The molecule has 0 spiro atoms. The first-order chi connectivity index (χ1) is 7.47. The lowest BCUT2D eigenvalue weighted by atomic mass is 10.2. The fraction of sp³-hybridized carbons (Fsp3) is 0.300. The number of para-hydroxylation sites is 1. The molecule has 86 valence electrons. The van der Waals surface area contributed by atoms with Gasteiger partial charge < -0.3 is 0 Å². The first-order valence-electron chi connectivity index (χ1n) is 4.72. The maximum absolute atomic E-state index is 10.9. The molecule has 2 aromatic rings. The summed E-state index contributed by atoms with van der Waals surface area (Å²) in [5, 5.41) is 5.13. The van der Waals surface area contributed by atoms with Crippen molar-refractivity contribution in [1.82, 2.24) is 9.78 Å². The molecule has 0 saturated heterocycles. The third-order valence-corrected chi connectivity index (χ3v) is 2.79. The Morgan fingerprint density at radius 2 is 2.06 bits per heavy atom. The number of aryl methyl sites for hydroxylation is 1. The van der Waals surface area contributed by atoms with Crippen LogP contribution in [0, 0.1) is 0 Å². The van der Waals surface area contributed by atoms with Gasteiger partial charge in [0.15, 0.2) is 0 Å². The minimum absolute atomic E-state index is 0.0276. The SMILES string of the molecule is Cn1nc(COS(C)(=O)=O)c2ccccc21. The van der Waals surface area contributed by atoms with Crippen molar-refractivity contribution in [1.29, 1.82) is 0 Å². The average molecular weight is 240 g/mol. The van der Waals surface area contributed by atoms with Crippen LogP contribution >= 0.6 is 0 Å². The minimum atomic E-state index is -3.43. The van der Waals surface area contributed by atoms with Crippen molar-refractivity contribution in [2.24, 2.45) is 7.05 Å². The zero-order valence-corrected chi connectivity index (χ0v) is 9.86. The van der Waals surface area contributed by atoms with Gasteiger partial charge in [0.1, 0.15) is 6.61 Å². The van der Waals surface area contributed by atoms with Gasteiger partial charge in [0.2, 0.25) is 0 Å². The number of nitrogens with zero attached hydrogens (tertiary/aromatic N) is 2.